The molecule has 8 heteroatoms. The summed E-state index contributed by atoms with van der Waals surface area (Å²) in [6.45, 7) is 4.49. The molecule has 7 nitrogen and oxygen atoms in total. The normalized spacial score (nSPS) is 22.3. The SMILES string of the molecule is COc1cc(OCC[C@H]2C[C@H]2C2CCN(c3ncc(Cl)cn3)CC2)ccc1CC(=O)N1CCC1. The molecule has 34 heavy (non-hydrogen) atoms. The van der Waals surface area contributed by atoms with Crippen molar-refractivity contribution in [1.29, 1.82) is 0 Å². The van der Waals surface area contributed by atoms with Crippen molar-refractivity contribution in [2.45, 2.75) is 38.5 Å². The monoisotopic (exact) mass is 484 g/mol. The molecule has 1 aromatic heterocycles. The molecular formula is C26H33ClN4O3. The van der Waals surface area contributed by atoms with Gasteiger partial charge in [0.05, 0.1) is 37.6 Å². The second kappa shape index (κ2) is 10.4. The number of halogens is 1. The van der Waals surface area contributed by atoms with E-state index in [0.29, 0.717) is 18.1 Å². The van der Waals surface area contributed by atoms with Crippen molar-refractivity contribution in [3.8, 4) is 11.5 Å². The first-order chi connectivity index (χ1) is 16.6. The van der Waals surface area contributed by atoms with Gasteiger partial charge in [-0.15, -0.1) is 0 Å². The predicted octanol–water partition coefficient (Wildman–Crippen LogP) is 4.24. The zero-order valence-corrected chi connectivity index (χ0v) is 20.5. The molecule has 1 aliphatic carbocycles. The number of hydrogen-bond acceptors (Lipinski definition) is 6. The summed E-state index contributed by atoms with van der Waals surface area (Å²) in [7, 11) is 1.65. The Hall–Kier alpha value is -2.54. The zero-order chi connectivity index (χ0) is 23.5. The highest BCUT2D eigenvalue weighted by molar-refractivity contribution is 6.30. The molecule has 0 bridgehead atoms. The average molecular weight is 485 g/mol. The predicted molar refractivity (Wildman–Crippen MR) is 132 cm³/mol. The number of rotatable bonds is 9. The molecule has 2 atom stereocenters. The molecule has 3 aliphatic rings. The second-order valence-electron chi connectivity index (χ2n) is 9.71. The molecule has 3 heterocycles. The van der Waals surface area contributed by atoms with E-state index in [1.54, 1.807) is 19.5 Å². The third-order valence-corrected chi connectivity index (χ3v) is 7.77. The number of carbonyl (C=O) groups is 1. The quantitative estimate of drug-likeness (QED) is 0.530. The summed E-state index contributed by atoms with van der Waals surface area (Å²) in [4.78, 5) is 25.2. The van der Waals surface area contributed by atoms with Crippen molar-refractivity contribution < 1.29 is 14.3 Å². The largest absolute Gasteiger partial charge is 0.496 e. The van der Waals surface area contributed by atoms with E-state index in [0.717, 1.165) is 79.8 Å². The first-order valence-corrected chi connectivity index (χ1v) is 12.8. The summed E-state index contributed by atoms with van der Waals surface area (Å²) in [6, 6.07) is 5.84. The highest BCUT2D eigenvalue weighted by atomic mass is 35.5. The Morgan fingerprint density at radius 1 is 1.15 bits per heavy atom. The Labute approximate surface area is 206 Å². The van der Waals surface area contributed by atoms with Crippen LogP contribution >= 0.6 is 11.6 Å². The number of aromatic nitrogens is 2. The van der Waals surface area contributed by atoms with Crippen LogP contribution in [-0.4, -0.2) is 60.7 Å². The Balaban J connectivity index is 1.04. The lowest BCUT2D eigenvalue weighted by atomic mass is 9.90. The van der Waals surface area contributed by atoms with Gasteiger partial charge in [-0.3, -0.25) is 4.79 Å². The van der Waals surface area contributed by atoms with E-state index in [4.69, 9.17) is 21.1 Å². The van der Waals surface area contributed by atoms with Gasteiger partial charge in [0, 0.05) is 37.8 Å². The van der Waals surface area contributed by atoms with Gasteiger partial charge in [-0.05, 0) is 55.9 Å². The summed E-state index contributed by atoms with van der Waals surface area (Å²) in [5.74, 6) is 4.87. The molecule has 182 valence electrons. The van der Waals surface area contributed by atoms with Gasteiger partial charge < -0.3 is 19.3 Å². The topological polar surface area (TPSA) is 67.8 Å². The van der Waals surface area contributed by atoms with Crippen LogP contribution in [0.15, 0.2) is 30.6 Å². The fraction of sp³-hybridized carbons (Fsp3) is 0.577. The van der Waals surface area contributed by atoms with Gasteiger partial charge in [-0.1, -0.05) is 17.7 Å². The zero-order valence-electron chi connectivity index (χ0n) is 19.8. The first kappa shape index (κ1) is 23.2. The van der Waals surface area contributed by atoms with Crippen molar-refractivity contribution in [2.24, 2.45) is 17.8 Å². The molecule has 5 rings (SSSR count). The van der Waals surface area contributed by atoms with Gasteiger partial charge in [0.2, 0.25) is 11.9 Å². The number of likely N-dealkylation sites (tertiary alicyclic amines) is 1. The number of methoxy groups -OCH3 is 1. The van der Waals surface area contributed by atoms with Crippen molar-refractivity contribution in [1.82, 2.24) is 14.9 Å². The Bertz CT molecular complexity index is 990. The summed E-state index contributed by atoms with van der Waals surface area (Å²) in [5.41, 5.74) is 0.921. The van der Waals surface area contributed by atoms with Crippen molar-refractivity contribution in [2.75, 3.05) is 44.8 Å². The smallest absolute Gasteiger partial charge is 0.227 e. The van der Waals surface area contributed by atoms with E-state index in [1.807, 2.05) is 23.1 Å². The third-order valence-electron chi connectivity index (χ3n) is 7.58. The first-order valence-electron chi connectivity index (χ1n) is 12.4. The third kappa shape index (κ3) is 5.40. The number of carbonyl (C=O) groups excluding carboxylic acids is 1. The van der Waals surface area contributed by atoms with E-state index < -0.39 is 0 Å². The van der Waals surface area contributed by atoms with Gasteiger partial charge in [-0.25, -0.2) is 9.97 Å². The van der Waals surface area contributed by atoms with Crippen molar-refractivity contribution in [3.63, 3.8) is 0 Å². The van der Waals surface area contributed by atoms with E-state index in [2.05, 4.69) is 14.9 Å². The van der Waals surface area contributed by atoms with Crippen molar-refractivity contribution in [3.05, 3.63) is 41.2 Å². The lowest BCUT2D eigenvalue weighted by Crippen LogP contribution is -2.42. The fourth-order valence-corrected chi connectivity index (χ4v) is 5.40. The number of ether oxygens (including phenoxy) is 2. The van der Waals surface area contributed by atoms with Gasteiger partial charge >= 0.3 is 0 Å². The summed E-state index contributed by atoms with van der Waals surface area (Å²) in [5, 5.41) is 0.577. The van der Waals surface area contributed by atoms with Gasteiger partial charge in [-0.2, -0.15) is 0 Å². The molecule has 2 aliphatic heterocycles. The fourth-order valence-electron chi connectivity index (χ4n) is 5.31. The molecule has 0 radical (unpaired) electrons. The van der Waals surface area contributed by atoms with Crippen LogP contribution in [0.25, 0.3) is 0 Å². The standard InChI is InChI=1S/C26H33ClN4O3/c1-33-24-15-22(4-3-20(24)14-25(32)30-8-2-9-30)34-12-7-19-13-23(19)18-5-10-31(11-6-18)26-28-16-21(27)17-29-26/h3-4,15-19,23H,2,5-14H2,1H3/t19-,23-/m0/s1. The molecule has 1 saturated carbocycles. The minimum atomic E-state index is 0.171. The average Bonchev–Trinajstić information content (AvgIpc) is 3.59. The van der Waals surface area contributed by atoms with Crippen LogP contribution in [-0.2, 0) is 11.2 Å². The van der Waals surface area contributed by atoms with Crippen LogP contribution in [0.5, 0.6) is 11.5 Å². The number of hydrogen-bond donors (Lipinski definition) is 0. The number of piperidine rings is 1. The molecule has 3 fully saturated rings. The Morgan fingerprint density at radius 2 is 1.91 bits per heavy atom. The van der Waals surface area contributed by atoms with E-state index in [-0.39, 0.29) is 5.91 Å². The lowest BCUT2D eigenvalue weighted by Gasteiger charge is -2.32. The van der Waals surface area contributed by atoms with Crippen molar-refractivity contribution >= 4 is 23.5 Å². The highest BCUT2D eigenvalue weighted by Crippen LogP contribution is 2.50. The molecule has 2 saturated heterocycles. The molecule has 1 amide bonds. The number of anilines is 1. The minimum Gasteiger partial charge on any atom is -0.496 e. The minimum absolute atomic E-state index is 0.171. The number of nitrogens with zero attached hydrogens (tertiary/aromatic N) is 4. The summed E-state index contributed by atoms with van der Waals surface area (Å²) >= 11 is 5.90. The number of benzene rings is 1. The van der Waals surface area contributed by atoms with Gasteiger partial charge in [0.25, 0.3) is 0 Å². The van der Waals surface area contributed by atoms with Crippen LogP contribution in [0.2, 0.25) is 5.02 Å². The Kier molecular flexibility index (Phi) is 7.09. The van der Waals surface area contributed by atoms with E-state index in [1.165, 1.54) is 19.3 Å². The summed E-state index contributed by atoms with van der Waals surface area (Å²) in [6.07, 6.45) is 9.62. The molecular weight excluding hydrogens is 452 g/mol. The van der Waals surface area contributed by atoms with E-state index in [9.17, 15) is 4.79 Å². The lowest BCUT2D eigenvalue weighted by molar-refractivity contribution is -0.133. The van der Waals surface area contributed by atoms with Crippen LogP contribution in [0.1, 0.15) is 37.7 Å². The van der Waals surface area contributed by atoms with Crippen LogP contribution in [0.3, 0.4) is 0 Å². The second-order valence-corrected chi connectivity index (χ2v) is 10.1. The van der Waals surface area contributed by atoms with Gasteiger partial charge in [0.15, 0.2) is 0 Å². The molecule has 0 spiro atoms. The maximum Gasteiger partial charge on any atom is 0.227 e. The van der Waals surface area contributed by atoms with Crippen LogP contribution in [0.4, 0.5) is 5.95 Å². The number of amides is 1. The summed E-state index contributed by atoms with van der Waals surface area (Å²) < 4.78 is 11.6. The molecule has 1 aromatic carbocycles. The molecule has 2 aromatic rings. The Morgan fingerprint density at radius 3 is 2.59 bits per heavy atom. The molecule has 0 N–H and O–H groups in total. The van der Waals surface area contributed by atoms with E-state index >= 15 is 0 Å². The maximum absolute atomic E-state index is 12.3. The van der Waals surface area contributed by atoms with Crippen LogP contribution < -0.4 is 14.4 Å². The molecule has 0 unspecified atom stereocenters. The highest BCUT2D eigenvalue weighted by Gasteiger charge is 2.43. The maximum atomic E-state index is 12.3. The van der Waals surface area contributed by atoms with Gasteiger partial charge in [0.1, 0.15) is 11.5 Å². The van der Waals surface area contributed by atoms with Crippen LogP contribution in [0, 0.1) is 17.8 Å².